The molecule has 1 fully saturated rings. The summed E-state index contributed by atoms with van der Waals surface area (Å²) >= 11 is 6.50. The maximum atomic E-state index is 15.7. The number of piperazine rings is 1. The average molecular weight is 455 g/mol. The van der Waals surface area contributed by atoms with E-state index < -0.39 is 11.6 Å². The minimum Gasteiger partial charge on any atom is -0.352 e. The van der Waals surface area contributed by atoms with Crippen molar-refractivity contribution in [1.82, 2.24) is 25.1 Å². The van der Waals surface area contributed by atoms with Gasteiger partial charge in [0, 0.05) is 48.1 Å². The van der Waals surface area contributed by atoms with Crippen molar-refractivity contribution >= 4 is 45.1 Å². The molecule has 0 aliphatic carbocycles. The molecule has 10 heteroatoms. The summed E-state index contributed by atoms with van der Waals surface area (Å²) in [5, 5.41) is 7.72. The van der Waals surface area contributed by atoms with Crippen LogP contribution in [0.3, 0.4) is 0 Å². The van der Waals surface area contributed by atoms with Crippen LogP contribution in [-0.4, -0.2) is 57.2 Å². The Balaban J connectivity index is 1.62. The highest BCUT2D eigenvalue weighted by Gasteiger charge is 2.26. The molecule has 5 rings (SSSR count). The van der Waals surface area contributed by atoms with Crippen molar-refractivity contribution in [3.63, 3.8) is 0 Å². The summed E-state index contributed by atoms with van der Waals surface area (Å²) in [6.45, 7) is 5.50. The van der Waals surface area contributed by atoms with Crippen molar-refractivity contribution in [3.8, 4) is 11.1 Å². The number of fused-ring (bicyclic) bond motifs is 2. The van der Waals surface area contributed by atoms with E-state index in [1.54, 1.807) is 17.0 Å². The highest BCUT2D eigenvalue weighted by molar-refractivity contribution is 6.35. The van der Waals surface area contributed by atoms with Gasteiger partial charge in [-0.05, 0) is 24.3 Å². The lowest BCUT2D eigenvalue weighted by Gasteiger charge is -2.35. The van der Waals surface area contributed by atoms with E-state index in [1.807, 2.05) is 4.90 Å². The number of aromatic nitrogens is 4. The Morgan fingerprint density at radius 3 is 2.69 bits per heavy atom. The van der Waals surface area contributed by atoms with Crippen molar-refractivity contribution < 1.29 is 13.6 Å². The van der Waals surface area contributed by atoms with Crippen LogP contribution in [0.25, 0.3) is 32.9 Å². The molecule has 0 radical (unpaired) electrons. The van der Waals surface area contributed by atoms with Gasteiger partial charge in [-0.25, -0.2) is 18.7 Å². The van der Waals surface area contributed by atoms with E-state index in [4.69, 9.17) is 11.6 Å². The van der Waals surface area contributed by atoms with E-state index in [0.717, 1.165) is 0 Å². The number of nitrogens with one attached hydrogen (secondary N) is 1. The number of rotatable bonds is 3. The van der Waals surface area contributed by atoms with E-state index in [0.29, 0.717) is 48.3 Å². The van der Waals surface area contributed by atoms with E-state index in [2.05, 4.69) is 26.7 Å². The Kier molecular flexibility index (Phi) is 4.97. The van der Waals surface area contributed by atoms with Crippen molar-refractivity contribution in [2.75, 3.05) is 31.1 Å². The molecule has 0 unspecified atom stereocenters. The zero-order chi connectivity index (χ0) is 22.4. The molecule has 2 aromatic carbocycles. The monoisotopic (exact) mass is 454 g/mol. The molecule has 1 aliphatic rings. The second-order valence-corrected chi connectivity index (χ2v) is 7.82. The molecule has 1 aliphatic heterocycles. The lowest BCUT2D eigenvalue weighted by molar-refractivity contribution is -0.126. The van der Waals surface area contributed by atoms with Crippen LogP contribution in [0.2, 0.25) is 5.02 Å². The fourth-order valence-corrected chi connectivity index (χ4v) is 4.38. The molecule has 1 N–H and O–H groups in total. The summed E-state index contributed by atoms with van der Waals surface area (Å²) in [5.74, 6) is -0.990. The summed E-state index contributed by atoms with van der Waals surface area (Å²) in [7, 11) is 0. The van der Waals surface area contributed by atoms with E-state index >= 15 is 4.39 Å². The number of carbonyl (C=O) groups excluding carboxylic acids is 1. The standard InChI is InChI=1S/C22H17ClF2N6O/c1-2-16(32)30-5-7-31(8-6-30)22-13-9-14(23)17(19(25)21(13)26-11-27-22)18-15(24)4-3-12-10-28-29-20(12)18/h2-4,9-11H,1,5-8H2,(H,28,29). The number of hydrogen-bond donors (Lipinski definition) is 1. The number of H-pyrrole nitrogens is 1. The third-order valence-electron chi connectivity index (χ3n) is 5.68. The van der Waals surface area contributed by atoms with E-state index in [-0.39, 0.29) is 27.6 Å². The van der Waals surface area contributed by atoms with Crippen LogP contribution in [0, 0.1) is 11.6 Å². The van der Waals surface area contributed by atoms with E-state index in [1.165, 1.54) is 24.7 Å². The molecular weight excluding hydrogens is 438 g/mol. The van der Waals surface area contributed by atoms with Gasteiger partial charge >= 0.3 is 0 Å². The summed E-state index contributed by atoms with van der Waals surface area (Å²) in [5.41, 5.74) is 0.302. The van der Waals surface area contributed by atoms with Gasteiger partial charge in [0.2, 0.25) is 5.91 Å². The van der Waals surface area contributed by atoms with Crippen LogP contribution in [-0.2, 0) is 4.79 Å². The van der Waals surface area contributed by atoms with Gasteiger partial charge in [0.15, 0.2) is 5.82 Å². The average Bonchev–Trinajstić information content (AvgIpc) is 3.28. The number of amides is 1. The topological polar surface area (TPSA) is 78.0 Å². The summed E-state index contributed by atoms with van der Waals surface area (Å²) in [6, 6.07) is 4.37. The van der Waals surface area contributed by atoms with Gasteiger partial charge < -0.3 is 9.80 Å². The molecule has 0 spiro atoms. The molecule has 0 bridgehead atoms. The molecule has 1 saturated heterocycles. The lowest BCUT2D eigenvalue weighted by Crippen LogP contribution is -2.48. The van der Waals surface area contributed by atoms with Gasteiger partial charge in [-0.2, -0.15) is 5.10 Å². The summed E-state index contributed by atoms with van der Waals surface area (Å²) < 4.78 is 30.5. The highest BCUT2D eigenvalue weighted by atomic mass is 35.5. The quantitative estimate of drug-likeness (QED) is 0.474. The minimum absolute atomic E-state index is 0.00103. The number of aromatic amines is 1. The maximum Gasteiger partial charge on any atom is 0.246 e. The van der Waals surface area contributed by atoms with E-state index in [9.17, 15) is 9.18 Å². The molecule has 32 heavy (non-hydrogen) atoms. The van der Waals surface area contributed by atoms with Crippen molar-refractivity contribution in [2.45, 2.75) is 0 Å². The van der Waals surface area contributed by atoms with Gasteiger partial charge in [-0.1, -0.05) is 18.2 Å². The lowest BCUT2D eigenvalue weighted by atomic mass is 9.99. The van der Waals surface area contributed by atoms with Gasteiger partial charge in [0.1, 0.15) is 23.5 Å². The zero-order valence-corrected chi connectivity index (χ0v) is 17.5. The van der Waals surface area contributed by atoms with Crippen LogP contribution < -0.4 is 4.90 Å². The number of carbonyl (C=O) groups is 1. The molecular formula is C22H17ClF2N6O. The Hall–Kier alpha value is -3.59. The third kappa shape index (κ3) is 3.16. The SMILES string of the molecule is C=CC(=O)N1CCN(c2ncnc3c(F)c(-c4c(F)ccc5cn[nH]c45)c(Cl)cc23)CC1. The predicted octanol–water partition coefficient (Wildman–Crippen LogP) is 3.94. The molecule has 7 nitrogen and oxygen atoms in total. The summed E-state index contributed by atoms with van der Waals surface area (Å²) in [6.07, 6.45) is 4.08. The van der Waals surface area contributed by atoms with Gasteiger partial charge in [-0.3, -0.25) is 9.89 Å². The number of halogens is 3. The second kappa shape index (κ2) is 7.83. The summed E-state index contributed by atoms with van der Waals surface area (Å²) in [4.78, 5) is 23.9. The van der Waals surface area contributed by atoms with Crippen molar-refractivity contribution in [2.24, 2.45) is 0 Å². The Morgan fingerprint density at radius 1 is 1.16 bits per heavy atom. The van der Waals surface area contributed by atoms with Crippen LogP contribution in [0.5, 0.6) is 0 Å². The number of anilines is 1. The minimum atomic E-state index is -0.738. The van der Waals surface area contributed by atoms with Crippen molar-refractivity contribution in [1.29, 1.82) is 0 Å². The molecule has 3 heterocycles. The number of nitrogens with zero attached hydrogens (tertiary/aromatic N) is 5. The number of benzene rings is 2. The van der Waals surface area contributed by atoms with Crippen LogP contribution in [0.4, 0.5) is 14.6 Å². The largest absolute Gasteiger partial charge is 0.352 e. The zero-order valence-electron chi connectivity index (χ0n) is 16.8. The van der Waals surface area contributed by atoms with Gasteiger partial charge in [-0.15, -0.1) is 0 Å². The Morgan fingerprint density at radius 2 is 1.94 bits per heavy atom. The molecule has 0 atom stereocenters. The normalized spacial score (nSPS) is 14.3. The second-order valence-electron chi connectivity index (χ2n) is 7.41. The molecule has 2 aromatic heterocycles. The first-order chi connectivity index (χ1) is 15.5. The molecule has 4 aromatic rings. The number of hydrogen-bond acceptors (Lipinski definition) is 5. The first kappa shape index (κ1) is 20.3. The van der Waals surface area contributed by atoms with Crippen LogP contribution in [0.1, 0.15) is 0 Å². The highest BCUT2D eigenvalue weighted by Crippen LogP contribution is 2.41. The van der Waals surface area contributed by atoms with Crippen molar-refractivity contribution in [3.05, 3.63) is 60.0 Å². The smallest absolute Gasteiger partial charge is 0.246 e. The van der Waals surface area contributed by atoms with Gasteiger partial charge in [0.25, 0.3) is 0 Å². The first-order valence-corrected chi connectivity index (χ1v) is 10.3. The van der Waals surface area contributed by atoms with Gasteiger partial charge in [0.05, 0.1) is 16.7 Å². The molecule has 0 saturated carbocycles. The molecule has 162 valence electrons. The Labute approximate surface area is 186 Å². The van der Waals surface area contributed by atoms with Crippen LogP contribution >= 0.6 is 11.6 Å². The fourth-order valence-electron chi connectivity index (χ4n) is 4.10. The Bertz CT molecular complexity index is 1380. The van der Waals surface area contributed by atoms with Crippen LogP contribution in [0.15, 0.2) is 43.4 Å². The maximum absolute atomic E-state index is 15.7. The third-order valence-corrected chi connectivity index (χ3v) is 5.98. The predicted molar refractivity (Wildman–Crippen MR) is 119 cm³/mol. The molecule has 1 amide bonds. The fraction of sp³-hybridized carbons (Fsp3) is 0.182. The first-order valence-electron chi connectivity index (χ1n) is 9.90.